The average molecular weight is 471 g/mol. The summed E-state index contributed by atoms with van der Waals surface area (Å²) in [6.07, 6.45) is 0.966. The maximum Gasteiger partial charge on any atom is 0.243 e. The van der Waals surface area contributed by atoms with Gasteiger partial charge in [0.25, 0.3) is 0 Å². The van der Waals surface area contributed by atoms with Crippen molar-refractivity contribution in [2.75, 3.05) is 42.9 Å². The van der Waals surface area contributed by atoms with E-state index in [1.165, 1.54) is 4.31 Å². The van der Waals surface area contributed by atoms with Gasteiger partial charge < -0.3 is 15.5 Å². The zero-order valence-corrected chi connectivity index (χ0v) is 19.8. The smallest absolute Gasteiger partial charge is 0.243 e. The lowest BCUT2D eigenvalue weighted by Crippen LogP contribution is -2.47. The number of benzene rings is 2. The number of hydrogen-bond donors (Lipinski definition) is 2. The van der Waals surface area contributed by atoms with Crippen molar-refractivity contribution in [3.05, 3.63) is 53.6 Å². The number of sulfonamides is 1. The van der Waals surface area contributed by atoms with E-state index in [1.54, 1.807) is 6.07 Å². The fourth-order valence-electron chi connectivity index (χ4n) is 4.45. The molecule has 2 aromatic carbocycles. The third-order valence-corrected chi connectivity index (χ3v) is 8.37. The van der Waals surface area contributed by atoms with Crippen LogP contribution in [0, 0.1) is 19.8 Å². The Balaban J connectivity index is 1.33. The summed E-state index contributed by atoms with van der Waals surface area (Å²) in [7, 11) is -3.57. The van der Waals surface area contributed by atoms with Crippen molar-refractivity contribution in [1.82, 2.24) is 9.62 Å². The highest BCUT2D eigenvalue weighted by Gasteiger charge is 2.32. The SMILES string of the molecule is Cc1ccc(S(=O)(=O)N2CCC(C(=O)Nc3ccc(N4CCNC(=O)C4)cc3)CC2)c(C)c1. The first-order valence-corrected chi connectivity index (χ1v) is 12.7. The first kappa shape index (κ1) is 23.3. The summed E-state index contributed by atoms with van der Waals surface area (Å²) in [6.45, 7) is 6.09. The van der Waals surface area contributed by atoms with Crippen molar-refractivity contribution in [2.45, 2.75) is 31.6 Å². The molecule has 9 heteroatoms. The van der Waals surface area contributed by atoms with Crippen LogP contribution in [0.2, 0.25) is 0 Å². The number of rotatable bonds is 5. The van der Waals surface area contributed by atoms with Gasteiger partial charge in [-0.25, -0.2) is 8.42 Å². The quantitative estimate of drug-likeness (QED) is 0.699. The third kappa shape index (κ3) is 5.20. The van der Waals surface area contributed by atoms with Crippen LogP contribution in [-0.4, -0.2) is 57.3 Å². The van der Waals surface area contributed by atoms with Crippen LogP contribution in [-0.2, 0) is 19.6 Å². The molecular formula is C24H30N4O4S. The number of carbonyl (C=O) groups is 2. The van der Waals surface area contributed by atoms with E-state index >= 15 is 0 Å². The number of piperidine rings is 1. The molecule has 2 heterocycles. The molecule has 2 aromatic rings. The largest absolute Gasteiger partial charge is 0.360 e. The molecule has 2 saturated heterocycles. The van der Waals surface area contributed by atoms with Crippen LogP contribution in [0.15, 0.2) is 47.4 Å². The topological polar surface area (TPSA) is 98.8 Å². The number of piperazine rings is 1. The first-order chi connectivity index (χ1) is 15.7. The van der Waals surface area contributed by atoms with Gasteiger partial charge in [0.1, 0.15) is 0 Å². The van der Waals surface area contributed by atoms with Crippen LogP contribution in [0.3, 0.4) is 0 Å². The number of carbonyl (C=O) groups excluding carboxylic acids is 2. The second-order valence-electron chi connectivity index (χ2n) is 8.75. The lowest BCUT2D eigenvalue weighted by molar-refractivity contribution is -0.121. The van der Waals surface area contributed by atoms with E-state index in [0.717, 1.165) is 23.4 Å². The molecule has 0 saturated carbocycles. The molecule has 0 aromatic heterocycles. The normalized spacial score (nSPS) is 18.1. The number of hydrogen-bond acceptors (Lipinski definition) is 5. The number of nitrogens with one attached hydrogen (secondary N) is 2. The third-order valence-electron chi connectivity index (χ3n) is 6.31. The molecule has 0 aliphatic carbocycles. The summed E-state index contributed by atoms with van der Waals surface area (Å²) in [5.74, 6) is -0.325. The standard InChI is InChI=1S/C24H30N4O4S/c1-17-3-8-22(18(2)15-17)33(31,32)28-12-9-19(10-13-28)24(30)26-20-4-6-21(7-5-20)27-14-11-25-23(29)16-27/h3-8,15,19H,9-14,16H2,1-2H3,(H,25,29)(H,26,30). The number of nitrogens with zero attached hydrogens (tertiary/aromatic N) is 2. The van der Waals surface area contributed by atoms with Gasteiger partial charge in [-0.1, -0.05) is 17.7 Å². The van der Waals surface area contributed by atoms with Gasteiger partial charge in [0.2, 0.25) is 21.8 Å². The number of aryl methyl sites for hydroxylation is 2. The second kappa shape index (κ2) is 9.52. The fourth-order valence-corrected chi connectivity index (χ4v) is 6.12. The molecule has 2 N–H and O–H groups in total. The Morgan fingerprint density at radius 3 is 2.36 bits per heavy atom. The van der Waals surface area contributed by atoms with Gasteiger partial charge in [0.05, 0.1) is 11.4 Å². The molecule has 4 rings (SSSR count). The Morgan fingerprint density at radius 2 is 1.73 bits per heavy atom. The average Bonchev–Trinajstić information content (AvgIpc) is 2.79. The second-order valence-corrected chi connectivity index (χ2v) is 10.7. The highest BCUT2D eigenvalue weighted by molar-refractivity contribution is 7.89. The predicted octanol–water partition coefficient (Wildman–Crippen LogP) is 2.28. The van der Waals surface area contributed by atoms with Crippen molar-refractivity contribution < 1.29 is 18.0 Å². The molecule has 2 aliphatic heterocycles. The molecule has 33 heavy (non-hydrogen) atoms. The van der Waals surface area contributed by atoms with E-state index in [4.69, 9.17) is 0 Å². The molecule has 2 amide bonds. The minimum atomic E-state index is -3.57. The van der Waals surface area contributed by atoms with Crippen LogP contribution < -0.4 is 15.5 Å². The molecule has 8 nitrogen and oxygen atoms in total. The van der Waals surface area contributed by atoms with Crippen molar-refractivity contribution in [2.24, 2.45) is 5.92 Å². The Hall–Kier alpha value is -2.91. The molecule has 2 fully saturated rings. The summed E-state index contributed by atoms with van der Waals surface area (Å²) < 4.78 is 27.6. The van der Waals surface area contributed by atoms with Gasteiger partial charge in [-0.3, -0.25) is 9.59 Å². The molecule has 0 atom stereocenters. The number of amides is 2. The Labute approximate surface area is 195 Å². The summed E-state index contributed by atoms with van der Waals surface area (Å²) in [4.78, 5) is 26.7. The van der Waals surface area contributed by atoms with E-state index < -0.39 is 10.0 Å². The van der Waals surface area contributed by atoms with Gasteiger partial charge in [0.15, 0.2) is 0 Å². The lowest BCUT2D eigenvalue weighted by Gasteiger charge is -2.31. The van der Waals surface area contributed by atoms with Crippen LogP contribution in [0.4, 0.5) is 11.4 Å². The highest BCUT2D eigenvalue weighted by atomic mass is 32.2. The fraction of sp³-hybridized carbons (Fsp3) is 0.417. The molecular weight excluding hydrogens is 440 g/mol. The maximum absolute atomic E-state index is 13.1. The van der Waals surface area contributed by atoms with Crippen molar-refractivity contribution >= 4 is 33.2 Å². The molecule has 0 radical (unpaired) electrons. The summed E-state index contributed by atoms with van der Waals surface area (Å²) in [6, 6.07) is 12.8. The maximum atomic E-state index is 13.1. The van der Waals surface area contributed by atoms with E-state index in [0.29, 0.717) is 49.6 Å². The van der Waals surface area contributed by atoms with Crippen molar-refractivity contribution in [1.29, 1.82) is 0 Å². The van der Waals surface area contributed by atoms with E-state index in [-0.39, 0.29) is 17.7 Å². The molecule has 0 spiro atoms. The summed E-state index contributed by atoms with van der Waals surface area (Å²) in [5, 5.41) is 5.75. The zero-order valence-electron chi connectivity index (χ0n) is 19.0. The number of anilines is 2. The van der Waals surface area contributed by atoms with Crippen LogP contribution in [0.1, 0.15) is 24.0 Å². The van der Waals surface area contributed by atoms with Crippen molar-refractivity contribution in [3.8, 4) is 0 Å². The lowest BCUT2D eigenvalue weighted by atomic mass is 9.97. The van der Waals surface area contributed by atoms with E-state index in [2.05, 4.69) is 10.6 Å². The minimum absolute atomic E-state index is 0.00419. The molecule has 176 valence electrons. The summed E-state index contributed by atoms with van der Waals surface area (Å²) >= 11 is 0. The van der Waals surface area contributed by atoms with Crippen LogP contribution >= 0.6 is 0 Å². The molecule has 2 aliphatic rings. The van der Waals surface area contributed by atoms with Gasteiger partial charge in [-0.05, 0) is 62.6 Å². The van der Waals surface area contributed by atoms with Gasteiger partial charge in [0, 0.05) is 43.5 Å². The van der Waals surface area contributed by atoms with Gasteiger partial charge in [-0.15, -0.1) is 0 Å². The predicted molar refractivity (Wildman–Crippen MR) is 128 cm³/mol. The minimum Gasteiger partial charge on any atom is -0.360 e. The van der Waals surface area contributed by atoms with Crippen LogP contribution in [0.25, 0.3) is 0 Å². The van der Waals surface area contributed by atoms with Crippen LogP contribution in [0.5, 0.6) is 0 Å². The summed E-state index contributed by atoms with van der Waals surface area (Å²) in [5.41, 5.74) is 3.39. The van der Waals surface area contributed by atoms with E-state index in [1.807, 2.05) is 55.1 Å². The Bertz CT molecular complexity index is 1140. The zero-order chi connectivity index (χ0) is 23.6. The van der Waals surface area contributed by atoms with E-state index in [9.17, 15) is 18.0 Å². The van der Waals surface area contributed by atoms with Crippen molar-refractivity contribution in [3.63, 3.8) is 0 Å². The molecule has 0 unspecified atom stereocenters. The monoisotopic (exact) mass is 470 g/mol. The molecule has 0 bridgehead atoms. The highest BCUT2D eigenvalue weighted by Crippen LogP contribution is 2.27. The van der Waals surface area contributed by atoms with Gasteiger partial charge >= 0.3 is 0 Å². The first-order valence-electron chi connectivity index (χ1n) is 11.2. The van der Waals surface area contributed by atoms with Gasteiger partial charge in [-0.2, -0.15) is 4.31 Å². The Morgan fingerprint density at radius 1 is 1.03 bits per heavy atom. The Kier molecular flexibility index (Phi) is 6.71.